The fourth-order valence-electron chi connectivity index (χ4n) is 2.06. The molecule has 0 aliphatic rings. The summed E-state index contributed by atoms with van der Waals surface area (Å²) in [6.45, 7) is 4.70. The molecule has 0 fully saturated rings. The molecule has 0 saturated carbocycles. The van der Waals surface area contributed by atoms with Crippen molar-refractivity contribution in [1.29, 1.82) is 0 Å². The third kappa shape index (κ3) is 5.72. The quantitative estimate of drug-likeness (QED) is 0.796. The van der Waals surface area contributed by atoms with E-state index in [2.05, 4.69) is 10.6 Å². The fraction of sp³-hybridized carbons (Fsp3) is 0.200. The van der Waals surface area contributed by atoms with Crippen molar-refractivity contribution in [2.24, 2.45) is 5.92 Å². The van der Waals surface area contributed by atoms with E-state index in [1.165, 1.54) is 6.08 Å². The van der Waals surface area contributed by atoms with Gasteiger partial charge in [-0.25, -0.2) is 0 Å². The predicted octanol–water partition coefficient (Wildman–Crippen LogP) is 3.72. The van der Waals surface area contributed by atoms with Crippen LogP contribution in [0.4, 0.5) is 5.69 Å². The van der Waals surface area contributed by atoms with Gasteiger partial charge in [0.25, 0.3) is 5.91 Å². The Morgan fingerprint density at radius 3 is 2.50 bits per heavy atom. The summed E-state index contributed by atoms with van der Waals surface area (Å²) in [5.74, 6) is 0.0122. The highest BCUT2D eigenvalue weighted by atomic mass is 16.2. The van der Waals surface area contributed by atoms with E-state index in [1.807, 2.05) is 44.2 Å². The van der Waals surface area contributed by atoms with Gasteiger partial charge in [0.1, 0.15) is 0 Å². The van der Waals surface area contributed by atoms with Gasteiger partial charge in [-0.15, -0.1) is 0 Å². The van der Waals surface area contributed by atoms with Crippen LogP contribution in [0.3, 0.4) is 0 Å². The topological polar surface area (TPSA) is 58.2 Å². The van der Waals surface area contributed by atoms with Crippen molar-refractivity contribution in [3.05, 3.63) is 71.8 Å². The minimum absolute atomic E-state index is 0.139. The molecule has 2 aromatic carbocycles. The third-order valence-electron chi connectivity index (χ3n) is 3.29. The fourth-order valence-corrected chi connectivity index (χ4v) is 2.06. The molecule has 0 spiro atoms. The van der Waals surface area contributed by atoms with Crippen LogP contribution < -0.4 is 10.6 Å². The summed E-state index contributed by atoms with van der Waals surface area (Å²) in [7, 11) is 0. The van der Waals surface area contributed by atoms with Crippen LogP contribution >= 0.6 is 0 Å². The molecule has 0 aliphatic carbocycles. The highest BCUT2D eigenvalue weighted by molar-refractivity contribution is 6.03. The molecule has 0 heterocycles. The normalized spacial score (nSPS) is 10.8. The van der Waals surface area contributed by atoms with Crippen molar-refractivity contribution in [3.8, 4) is 0 Å². The van der Waals surface area contributed by atoms with Crippen molar-refractivity contribution in [2.45, 2.75) is 13.8 Å². The third-order valence-corrected chi connectivity index (χ3v) is 3.29. The zero-order valence-corrected chi connectivity index (χ0v) is 14.0. The highest BCUT2D eigenvalue weighted by Gasteiger charge is 2.07. The van der Waals surface area contributed by atoms with Crippen molar-refractivity contribution < 1.29 is 9.59 Å². The number of nitrogens with one attached hydrogen (secondary N) is 2. The van der Waals surface area contributed by atoms with Gasteiger partial charge in [0.15, 0.2) is 0 Å². The van der Waals surface area contributed by atoms with Gasteiger partial charge in [-0.3, -0.25) is 9.59 Å². The lowest BCUT2D eigenvalue weighted by atomic mass is 10.1. The molecule has 0 bridgehead atoms. The van der Waals surface area contributed by atoms with E-state index in [4.69, 9.17) is 0 Å². The lowest BCUT2D eigenvalue weighted by molar-refractivity contribution is -0.111. The molecule has 2 aromatic rings. The van der Waals surface area contributed by atoms with Crippen LogP contribution in [0.1, 0.15) is 29.8 Å². The molecule has 0 saturated heterocycles. The van der Waals surface area contributed by atoms with Crippen LogP contribution in [0, 0.1) is 5.92 Å². The second-order valence-electron chi connectivity index (χ2n) is 5.92. The van der Waals surface area contributed by atoms with Crippen molar-refractivity contribution in [3.63, 3.8) is 0 Å². The number of carbonyl (C=O) groups excluding carboxylic acids is 2. The first-order valence-electron chi connectivity index (χ1n) is 7.97. The SMILES string of the molecule is CC(C)CNC(=O)c1cccc(NC(=O)C=Cc2ccccc2)c1. The van der Waals surface area contributed by atoms with Crippen molar-refractivity contribution in [2.75, 3.05) is 11.9 Å². The zero-order valence-electron chi connectivity index (χ0n) is 14.0. The van der Waals surface area contributed by atoms with Crippen LogP contribution in [0.15, 0.2) is 60.7 Å². The van der Waals surface area contributed by atoms with E-state index >= 15 is 0 Å². The van der Waals surface area contributed by atoms with Gasteiger partial charge >= 0.3 is 0 Å². The molecule has 24 heavy (non-hydrogen) atoms. The lowest BCUT2D eigenvalue weighted by Gasteiger charge is -2.09. The molecule has 2 N–H and O–H groups in total. The number of amides is 2. The highest BCUT2D eigenvalue weighted by Crippen LogP contribution is 2.11. The van der Waals surface area contributed by atoms with E-state index in [0.29, 0.717) is 23.7 Å². The maximum absolute atomic E-state index is 12.1. The molecule has 0 radical (unpaired) electrons. The minimum Gasteiger partial charge on any atom is -0.352 e. The Kier molecular flexibility index (Phi) is 6.32. The molecule has 0 aromatic heterocycles. The minimum atomic E-state index is -0.237. The smallest absolute Gasteiger partial charge is 0.251 e. The van der Waals surface area contributed by atoms with Gasteiger partial charge in [0, 0.05) is 23.9 Å². The summed E-state index contributed by atoms with van der Waals surface area (Å²) in [6, 6.07) is 16.5. The lowest BCUT2D eigenvalue weighted by Crippen LogP contribution is -2.27. The maximum Gasteiger partial charge on any atom is 0.251 e. The summed E-state index contributed by atoms with van der Waals surface area (Å²) in [4.78, 5) is 24.0. The number of benzene rings is 2. The molecule has 0 aliphatic heterocycles. The summed E-state index contributed by atoms with van der Waals surface area (Å²) in [6.07, 6.45) is 3.22. The molecule has 0 atom stereocenters. The number of anilines is 1. The van der Waals surface area contributed by atoms with Gasteiger partial charge in [-0.05, 0) is 35.8 Å². The Hall–Kier alpha value is -2.88. The van der Waals surface area contributed by atoms with Crippen LogP contribution in [0.25, 0.3) is 6.08 Å². The standard InChI is InChI=1S/C20H22N2O2/c1-15(2)14-21-20(24)17-9-6-10-18(13-17)22-19(23)12-11-16-7-4-3-5-8-16/h3-13,15H,14H2,1-2H3,(H,21,24)(H,22,23). The Balaban J connectivity index is 1.97. The van der Waals surface area contributed by atoms with Gasteiger partial charge < -0.3 is 10.6 Å². The summed E-state index contributed by atoms with van der Waals surface area (Å²) >= 11 is 0. The molecule has 4 heteroatoms. The van der Waals surface area contributed by atoms with E-state index in [9.17, 15) is 9.59 Å². The zero-order chi connectivity index (χ0) is 17.4. The first kappa shape index (κ1) is 17.5. The van der Waals surface area contributed by atoms with E-state index in [-0.39, 0.29) is 11.8 Å². The Labute approximate surface area is 142 Å². The Morgan fingerprint density at radius 2 is 1.79 bits per heavy atom. The van der Waals surface area contributed by atoms with Gasteiger partial charge in [0.05, 0.1) is 0 Å². The molecule has 2 rings (SSSR count). The second-order valence-corrected chi connectivity index (χ2v) is 5.92. The van der Waals surface area contributed by atoms with Crippen molar-refractivity contribution >= 4 is 23.6 Å². The number of carbonyl (C=O) groups is 2. The Bertz CT molecular complexity index is 721. The average molecular weight is 322 g/mol. The summed E-state index contributed by atoms with van der Waals surface area (Å²) in [5.41, 5.74) is 2.07. The number of rotatable bonds is 6. The first-order chi connectivity index (χ1) is 11.5. The summed E-state index contributed by atoms with van der Waals surface area (Å²) < 4.78 is 0. The largest absolute Gasteiger partial charge is 0.352 e. The van der Waals surface area contributed by atoms with E-state index in [0.717, 1.165) is 5.56 Å². The van der Waals surface area contributed by atoms with E-state index < -0.39 is 0 Å². The number of hydrogen-bond acceptors (Lipinski definition) is 2. The summed E-state index contributed by atoms with van der Waals surface area (Å²) in [5, 5.41) is 5.63. The maximum atomic E-state index is 12.1. The van der Waals surface area contributed by atoms with Gasteiger partial charge in [-0.2, -0.15) is 0 Å². The van der Waals surface area contributed by atoms with E-state index in [1.54, 1.807) is 30.3 Å². The van der Waals surface area contributed by atoms with Gasteiger partial charge in [0.2, 0.25) is 5.91 Å². The molecular weight excluding hydrogens is 300 g/mol. The monoisotopic (exact) mass is 322 g/mol. The molecule has 2 amide bonds. The predicted molar refractivity (Wildman–Crippen MR) is 97.7 cm³/mol. The van der Waals surface area contributed by atoms with Gasteiger partial charge in [-0.1, -0.05) is 50.2 Å². The molecule has 4 nitrogen and oxygen atoms in total. The molecule has 0 unspecified atom stereocenters. The molecular formula is C20H22N2O2. The van der Waals surface area contributed by atoms with Crippen LogP contribution in [0.5, 0.6) is 0 Å². The second kappa shape index (κ2) is 8.67. The Morgan fingerprint density at radius 1 is 1.04 bits per heavy atom. The van der Waals surface area contributed by atoms with Crippen LogP contribution in [0.2, 0.25) is 0 Å². The van der Waals surface area contributed by atoms with Crippen molar-refractivity contribution in [1.82, 2.24) is 5.32 Å². The average Bonchev–Trinajstić information content (AvgIpc) is 2.59. The number of hydrogen-bond donors (Lipinski definition) is 2. The molecule has 124 valence electrons. The van der Waals surface area contributed by atoms with Crippen LogP contribution in [-0.4, -0.2) is 18.4 Å². The first-order valence-corrected chi connectivity index (χ1v) is 7.97. The van der Waals surface area contributed by atoms with Crippen LogP contribution in [-0.2, 0) is 4.79 Å².